The summed E-state index contributed by atoms with van der Waals surface area (Å²) >= 11 is 0. The monoisotopic (exact) mass is 397 g/mol. The van der Waals surface area contributed by atoms with Crippen LogP contribution in [0.2, 0.25) is 0 Å². The molecule has 0 atom stereocenters. The summed E-state index contributed by atoms with van der Waals surface area (Å²) < 4.78 is 40.5. The Balaban J connectivity index is 1.47. The quantitative estimate of drug-likeness (QED) is 0.805. The molecule has 0 bridgehead atoms. The highest BCUT2D eigenvalue weighted by atomic mass is 32.2. The number of hydrogen-bond acceptors (Lipinski definition) is 7. The lowest BCUT2D eigenvalue weighted by molar-refractivity contribution is 0.133. The molecule has 1 aliphatic rings. The van der Waals surface area contributed by atoms with Crippen LogP contribution in [0.3, 0.4) is 0 Å². The van der Waals surface area contributed by atoms with Gasteiger partial charge in [-0.25, -0.2) is 17.6 Å². The Morgan fingerprint density at radius 1 is 1.22 bits per heavy atom. The number of piperazine rings is 1. The highest BCUT2D eigenvalue weighted by Crippen LogP contribution is 2.12. The van der Waals surface area contributed by atoms with Crippen LogP contribution >= 0.6 is 0 Å². The molecule has 11 heteroatoms. The van der Waals surface area contributed by atoms with Crippen molar-refractivity contribution in [3.05, 3.63) is 41.8 Å². The van der Waals surface area contributed by atoms with E-state index in [0.29, 0.717) is 44.3 Å². The van der Waals surface area contributed by atoms with Crippen LogP contribution in [0.25, 0.3) is 0 Å². The fourth-order valence-electron chi connectivity index (χ4n) is 2.68. The van der Waals surface area contributed by atoms with Crippen LogP contribution in [-0.4, -0.2) is 66.8 Å². The zero-order valence-corrected chi connectivity index (χ0v) is 15.6. The predicted octanol–water partition coefficient (Wildman–Crippen LogP) is 1.10. The molecule has 9 nitrogen and oxygen atoms in total. The standard InChI is InChI=1S/C16H20FN5O4S/c1-27(24,25)11-14-19-15(26-20-14)10-21-6-8-22(9-7-21)16(23)18-13-4-2-12(17)3-5-13/h2-5H,6-11H2,1H3,(H,18,23). The minimum absolute atomic E-state index is 0.143. The fourth-order valence-corrected chi connectivity index (χ4v) is 3.27. The molecule has 1 fully saturated rings. The molecule has 1 aromatic heterocycles. The Hall–Kier alpha value is -2.53. The third kappa shape index (κ3) is 5.73. The Bertz CT molecular complexity index is 892. The first kappa shape index (κ1) is 19.2. The number of nitrogens with one attached hydrogen (secondary N) is 1. The average Bonchev–Trinajstić information content (AvgIpc) is 3.02. The number of hydrogen-bond donors (Lipinski definition) is 1. The van der Waals surface area contributed by atoms with E-state index in [9.17, 15) is 17.6 Å². The van der Waals surface area contributed by atoms with E-state index in [2.05, 4.69) is 15.5 Å². The highest BCUT2D eigenvalue weighted by molar-refractivity contribution is 7.89. The third-order valence-electron chi connectivity index (χ3n) is 4.02. The third-order valence-corrected chi connectivity index (χ3v) is 4.80. The fraction of sp³-hybridized carbons (Fsp3) is 0.438. The van der Waals surface area contributed by atoms with Crippen LogP contribution in [0.1, 0.15) is 11.7 Å². The van der Waals surface area contributed by atoms with Crippen LogP contribution in [0.5, 0.6) is 0 Å². The second-order valence-corrected chi connectivity index (χ2v) is 8.51. The second-order valence-electron chi connectivity index (χ2n) is 6.37. The molecule has 146 valence electrons. The lowest BCUT2D eigenvalue weighted by Crippen LogP contribution is -2.49. The van der Waals surface area contributed by atoms with Gasteiger partial charge in [-0.1, -0.05) is 5.16 Å². The van der Waals surface area contributed by atoms with Crippen molar-refractivity contribution < 1.29 is 22.1 Å². The van der Waals surface area contributed by atoms with Crippen LogP contribution < -0.4 is 5.32 Å². The van der Waals surface area contributed by atoms with Crippen molar-refractivity contribution in [1.29, 1.82) is 0 Å². The Morgan fingerprint density at radius 3 is 2.52 bits per heavy atom. The van der Waals surface area contributed by atoms with Gasteiger partial charge in [0, 0.05) is 38.1 Å². The average molecular weight is 397 g/mol. The van der Waals surface area contributed by atoms with Crippen molar-refractivity contribution in [3.8, 4) is 0 Å². The van der Waals surface area contributed by atoms with Crippen molar-refractivity contribution in [1.82, 2.24) is 19.9 Å². The van der Waals surface area contributed by atoms with Gasteiger partial charge in [0.2, 0.25) is 5.89 Å². The van der Waals surface area contributed by atoms with Gasteiger partial charge in [-0.2, -0.15) is 4.98 Å². The van der Waals surface area contributed by atoms with E-state index in [4.69, 9.17) is 4.52 Å². The van der Waals surface area contributed by atoms with Gasteiger partial charge in [0.1, 0.15) is 11.6 Å². The van der Waals surface area contributed by atoms with Crippen LogP contribution in [0, 0.1) is 5.82 Å². The van der Waals surface area contributed by atoms with Crippen LogP contribution in [-0.2, 0) is 22.1 Å². The molecule has 2 aromatic rings. The summed E-state index contributed by atoms with van der Waals surface area (Å²) in [6.45, 7) is 2.64. The maximum absolute atomic E-state index is 12.9. The van der Waals surface area contributed by atoms with Crippen LogP contribution in [0.4, 0.5) is 14.9 Å². The van der Waals surface area contributed by atoms with Gasteiger partial charge in [-0.15, -0.1) is 0 Å². The topological polar surface area (TPSA) is 109 Å². The number of amides is 2. The smallest absolute Gasteiger partial charge is 0.321 e. The minimum Gasteiger partial charge on any atom is -0.338 e. The number of nitrogens with zero attached hydrogens (tertiary/aromatic N) is 4. The molecule has 2 amide bonds. The van der Waals surface area contributed by atoms with Crippen molar-refractivity contribution >= 4 is 21.6 Å². The Kier molecular flexibility index (Phi) is 5.71. The summed E-state index contributed by atoms with van der Waals surface area (Å²) in [5.41, 5.74) is 0.535. The summed E-state index contributed by atoms with van der Waals surface area (Å²) in [6.07, 6.45) is 1.11. The van der Waals surface area contributed by atoms with Crippen LogP contribution in [0.15, 0.2) is 28.8 Å². The zero-order chi connectivity index (χ0) is 19.4. The van der Waals surface area contributed by atoms with Crippen molar-refractivity contribution in [2.75, 3.05) is 37.8 Å². The molecule has 3 rings (SSSR count). The molecule has 0 unspecified atom stereocenters. The molecule has 1 N–H and O–H groups in total. The Morgan fingerprint density at radius 2 is 1.89 bits per heavy atom. The molecular weight excluding hydrogens is 377 g/mol. The van der Waals surface area contributed by atoms with E-state index in [1.807, 2.05) is 4.90 Å². The van der Waals surface area contributed by atoms with Gasteiger partial charge < -0.3 is 14.7 Å². The number of carbonyl (C=O) groups is 1. The summed E-state index contributed by atoms with van der Waals surface area (Å²) in [7, 11) is -3.21. The first-order valence-electron chi connectivity index (χ1n) is 8.31. The number of carbonyl (C=O) groups excluding carboxylic acids is 1. The van der Waals surface area contributed by atoms with Gasteiger partial charge in [-0.3, -0.25) is 4.90 Å². The number of anilines is 1. The number of sulfone groups is 1. The van der Waals surface area contributed by atoms with Gasteiger partial charge in [0.05, 0.1) is 6.54 Å². The molecule has 27 heavy (non-hydrogen) atoms. The van der Waals surface area contributed by atoms with E-state index in [0.717, 1.165) is 6.26 Å². The lowest BCUT2D eigenvalue weighted by Gasteiger charge is -2.33. The van der Waals surface area contributed by atoms with Gasteiger partial charge in [0.25, 0.3) is 0 Å². The summed E-state index contributed by atoms with van der Waals surface area (Å²) in [5, 5.41) is 6.40. The van der Waals surface area contributed by atoms with Gasteiger partial charge in [0.15, 0.2) is 15.7 Å². The molecule has 0 spiro atoms. The van der Waals surface area contributed by atoms with E-state index in [1.54, 1.807) is 4.90 Å². The normalized spacial score (nSPS) is 15.7. The number of halogens is 1. The van der Waals surface area contributed by atoms with E-state index in [1.165, 1.54) is 24.3 Å². The van der Waals surface area contributed by atoms with Gasteiger partial charge >= 0.3 is 6.03 Å². The number of aromatic nitrogens is 2. The molecule has 2 heterocycles. The number of benzene rings is 1. The first-order chi connectivity index (χ1) is 12.8. The van der Waals surface area contributed by atoms with E-state index >= 15 is 0 Å². The number of rotatable bonds is 5. The molecule has 0 radical (unpaired) electrons. The van der Waals surface area contributed by atoms with Crippen molar-refractivity contribution in [2.45, 2.75) is 12.3 Å². The van der Waals surface area contributed by atoms with E-state index in [-0.39, 0.29) is 23.4 Å². The lowest BCUT2D eigenvalue weighted by atomic mass is 10.3. The first-order valence-corrected chi connectivity index (χ1v) is 10.4. The summed E-state index contributed by atoms with van der Waals surface area (Å²) in [5.74, 6) is -0.126. The largest absolute Gasteiger partial charge is 0.338 e. The highest BCUT2D eigenvalue weighted by Gasteiger charge is 2.23. The van der Waals surface area contributed by atoms with E-state index < -0.39 is 9.84 Å². The minimum atomic E-state index is -3.21. The number of urea groups is 1. The van der Waals surface area contributed by atoms with Crippen molar-refractivity contribution in [2.24, 2.45) is 0 Å². The molecular formula is C16H20FN5O4S. The summed E-state index contributed by atoms with van der Waals surface area (Å²) in [4.78, 5) is 20.1. The molecule has 1 aromatic carbocycles. The summed E-state index contributed by atoms with van der Waals surface area (Å²) in [6, 6.07) is 5.35. The maximum Gasteiger partial charge on any atom is 0.321 e. The SMILES string of the molecule is CS(=O)(=O)Cc1noc(CN2CCN(C(=O)Nc3ccc(F)cc3)CC2)n1. The zero-order valence-electron chi connectivity index (χ0n) is 14.8. The predicted molar refractivity (Wildman–Crippen MR) is 95.1 cm³/mol. The molecule has 0 aliphatic carbocycles. The molecule has 1 aliphatic heterocycles. The molecule has 1 saturated heterocycles. The second kappa shape index (κ2) is 8.01. The van der Waals surface area contributed by atoms with Gasteiger partial charge in [-0.05, 0) is 24.3 Å². The molecule has 0 saturated carbocycles. The van der Waals surface area contributed by atoms with Crippen molar-refractivity contribution in [3.63, 3.8) is 0 Å². The Labute approximate surface area is 156 Å². The maximum atomic E-state index is 12.9.